The van der Waals surface area contributed by atoms with Gasteiger partial charge in [-0.05, 0) is 116 Å². The van der Waals surface area contributed by atoms with Gasteiger partial charge >= 0.3 is 41.5 Å². The zero-order valence-electron chi connectivity index (χ0n) is 52.4. The van der Waals surface area contributed by atoms with Crippen LogP contribution in [0.3, 0.4) is 0 Å². The second-order valence-electron chi connectivity index (χ2n) is 21.8. The normalized spacial score (nSPS) is 14.0. The van der Waals surface area contributed by atoms with Crippen molar-refractivity contribution < 1.29 is 81.6 Å². The molecule has 3 radical (unpaired) electrons. The number of ketones is 3. The van der Waals surface area contributed by atoms with Crippen LogP contribution in [0.2, 0.25) is 0 Å². The van der Waals surface area contributed by atoms with Crippen LogP contribution in [0.15, 0.2) is 107 Å². The molecule has 0 bridgehead atoms. The predicted molar refractivity (Wildman–Crippen MR) is 332 cm³/mol. The number of fused-ring (bicyclic) bond motifs is 2. The van der Waals surface area contributed by atoms with E-state index in [1.807, 2.05) is 57.6 Å². The van der Waals surface area contributed by atoms with Crippen LogP contribution >= 0.6 is 0 Å². The number of imidazole rings is 2. The number of benzene rings is 2. The molecule has 25 heteroatoms. The molecule has 2 aliphatic heterocycles. The first-order valence-electron chi connectivity index (χ1n) is 29.7. The second kappa shape index (κ2) is 38.1. The van der Waals surface area contributed by atoms with Crippen LogP contribution in [0.1, 0.15) is 167 Å². The summed E-state index contributed by atoms with van der Waals surface area (Å²) in [5.41, 5.74) is 14.5. The average molecular weight is 1230 g/mol. The Morgan fingerprint density at radius 1 is 0.640 bits per heavy atom. The van der Waals surface area contributed by atoms with Gasteiger partial charge in [0, 0.05) is 98.9 Å². The number of aryl methyl sites for hydroxylation is 2. The number of hydrogen-bond acceptors (Lipinski definition) is 21. The van der Waals surface area contributed by atoms with Crippen molar-refractivity contribution >= 4 is 65.1 Å². The number of aromatic amines is 2. The summed E-state index contributed by atoms with van der Waals surface area (Å²) in [5.74, 6) is 0.755. The van der Waals surface area contributed by atoms with E-state index in [2.05, 4.69) is 116 Å². The summed E-state index contributed by atoms with van der Waals surface area (Å²) in [7, 11) is 8.56. The van der Waals surface area contributed by atoms with Crippen LogP contribution in [-0.2, 0) is 33.6 Å². The standard InChI is InChI=1S/C29H36N6O2.C23H25N5O2.C6H11NO.C4H6O4.C2H3BO2.Na/c1-20-8-9-21-18-22(10-11-24(21)32-20)26-19-31-28(34-26)25(33-23-12-15-35(2)16-13-23)6-4-3-5-7-27(36)29-30-14-17-37-29;1-15-7-8-16-13-17(9-10-19(16)27-15)20-14-26-22(28-20)18(24)5-3-2-4-6-21(29)23-25-11-12-30-23;1-7-4-2-6(8)3-5-7;1-3(5)7-8-4(2)6;1-2(4)5-3;/h8-11,14,17-19,23,25,33H,3-7,12-13,15-16H2,1-2H3,(H,31,34);7-14,18H,2-6,24H2,1H3,(H,26,28);2-5H2,1H3;1-2H3;1H3;/q;;;;-1;+1/t25-;18-;;;;/m00..../s1. The second-order valence-corrected chi connectivity index (χ2v) is 21.8. The fraction of sp³-hybridized carbons (Fsp3) is 0.438. The molecular weight excluding hydrogens is 1150 g/mol. The van der Waals surface area contributed by atoms with Gasteiger partial charge in [-0.25, -0.2) is 39.3 Å². The first-order valence-corrected chi connectivity index (χ1v) is 29.7. The molecule has 0 spiro atoms. The van der Waals surface area contributed by atoms with Gasteiger partial charge in [-0.2, -0.15) is 0 Å². The molecule has 23 nitrogen and oxygen atoms in total. The Kier molecular flexibility index (Phi) is 30.9. The minimum atomic E-state index is -0.639. The van der Waals surface area contributed by atoms with Crippen LogP contribution in [0, 0.1) is 13.8 Å². The summed E-state index contributed by atoms with van der Waals surface area (Å²) in [6, 6.07) is 21.3. The topological polar surface area (TPSA) is 310 Å². The van der Waals surface area contributed by atoms with Gasteiger partial charge in [0.15, 0.2) is 0 Å². The quantitative estimate of drug-likeness (QED) is 0.0193. The summed E-state index contributed by atoms with van der Waals surface area (Å²) in [5, 5.41) is 6.11. The van der Waals surface area contributed by atoms with E-state index in [0.717, 1.165) is 184 Å². The minimum absolute atomic E-state index is 0. The van der Waals surface area contributed by atoms with E-state index in [4.69, 9.17) is 19.6 Å². The molecule has 8 heterocycles. The van der Waals surface area contributed by atoms with Gasteiger partial charge in [0.25, 0.3) is 11.8 Å². The van der Waals surface area contributed by atoms with Crippen LogP contribution in [0.25, 0.3) is 44.3 Å². The molecule has 2 fully saturated rings. The Labute approximate surface area is 542 Å². The zero-order valence-corrected chi connectivity index (χ0v) is 54.4. The SMILES string of the molecule is CC(=O)OOC(C)=O.CN1CCC(=O)CC1.Cc1ccc2cc(-c3cnc([C@@H](N)CCCCCC(=O)c4ncco4)[nH]3)ccc2n1.Cc1ccc2cc(-c3cnc([C@H](CCCCCC(=O)c4ncco4)NC4CCN(C)CC4)[nH]3)ccc2n1.[B-]OC(C)=O.[Na+]. The van der Waals surface area contributed by atoms with Crippen molar-refractivity contribution in [1.29, 1.82) is 0 Å². The largest absolute Gasteiger partial charge is 1.00 e. The first-order chi connectivity index (χ1) is 42.3. The maximum Gasteiger partial charge on any atom is 1.00 e. The number of nitrogens with one attached hydrogen (secondary N) is 3. The van der Waals surface area contributed by atoms with Crippen molar-refractivity contribution in [3.63, 3.8) is 0 Å². The smallest absolute Gasteiger partial charge is 0.793 e. The van der Waals surface area contributed by atoms with Crippen molar-refractivity contribution in [2.45, 2.75) is 143 Å². The van der Waals surface area contributed by atoms with Crippen molar-refractivity contribution in [1.82, 2.24) is 55.0 Å². The molecule has 2 saturated heterocycles. The number of Topliss-reactive ketones (excluding diaryl/α,β-unsaturated/α-hetero) is 3. The first kappa shape index (κ1) is 72.2. The summed E-state index contributed by atoms with van der Waals surface area (Å²) < 4.78 is 13.7. The number of H-pyrrole nitrogens is 2. The molecule has 2 atom stereocenters. The van der Waals surface area contributed by atoms with Gasteiger partial charge in [-0.3, -0.25) is 29.1 Å². The monoisotopic (exact) mass is 1230 g/mol. The number of aromatic nitrogens is 8. The number of oxazole rings is 2. The third kappa shape index (κ3) is 25.4. The minimum Gasteiger partial charge on any atom is -0.793 e. The summed E-state index contributed by atoms with van der Waals surface area (Å²) in [6.07, 6.45) is 21.6. The summed E-state index contributed by atoms with van der Waals surface area (Å²) in [4.78, 5) is 109. The Balaban J connectivity index is 0.000000245. The van der Waals surface area contributed by atoms with Crippen molar-refractivity contribution in [2.75, 3.05) is 40.3 Å². The number of piperidine rings is 2. The molecule has 0 aliphatic carbocycles. The van der Waals surface area contributed by atoms with Gasteiger partial charge in [-0.1, -0.05) is 49.9 Å². The van der Waals surface area contributed by atoms with Crippen LogP contribution in [-0.4, -0.2) is 139 Å². The van der Waals surface area contributed by atoms with Crippen molar-refractivity contribution in [2.24, 2.45) is 5.73 Å². The number of rotatable bonds is 20. The van der Waals surface area contributed by atoms with Gasteiger partial charge in [0.1, 0.15) is 30.0 Å². The number of unbranched alkanes of at least 4 members (excludes halogenated alkanes) is 4. The van der Waals surface area contributed by atoms with Crippen molar-refractivity contribution in [3.8, 4) is 22.5 Å². The summed E-state index contributed by atoms with van der Waals surface area (Å²) in [6.45, 7) is 11.7. The molecule has 10 rings (SSSR count). The van der Waals surface area contributed by atoms with E-state index in [-0.39, 0.29) is 65.0 Å². The fourth-order valence-electron chi connectivity index (χ4n) is 9.58. The number of carbonyl (C=O) groups excluding carboxylic acids is 6. The Bertz CT molecular complexity index is 3460. The maximum absolute atomic E-state index is 12.2. The maximum atomic E-state index is 12.2. The molecular formula is C64H81BN12NaO11. The van der Waals surface area contributed by atoms with E-state index in [1.165, 1.54) is 31.8 Å². The molecule has 8 aromatic rings. The fourth-order valence-corrected chi connectivity index (χ4v) is 9.58. The average Bonchev–Trinajstić information content (AvgIpc) is 4.12. The zero-order chi connectivity index (χ0) is 63.4. The number of nitrogens with two attached hydrogens (primary N) is 1. The molecule has 467 valence electrons. The van der Waals surface area contributed by atoms with Gasteiger partial charge in [-0.15, -0.1) is 0 Å². The van der Waals surface area contributed by atoms with Crippen LogP contribution < -0.4 is 40.6 Å². The summed E-state index contributed by atoms with van der Waals surface area (Å²) >= 11 is 0. The number of pyridine rings is 2. The Morgan fingerprint density at radius 2 is 1.10 bits per heavy atom. The van der Waals surface area contributed by atoms with Gasteiger partial charge < -0.3 is 52.4 Å². The molecule has 0 saturated carbocycles. The van der Waals surface area contributed by atoms with Crippen LogP contribution in [0.5, 0.6) is 0 Å². The van der Waals surface area contributed by atoms with E-state index in [9.17, 15) is 28.8 Å². The van der Waals surface area contributed by atoms with E-state index in [1.54, 1.807) is 0 Å². The Hall–Kier alpha value is -7.58. The molecule has 6 aromatic heterocycles. The molecule has 5 N–H and O–H groups in total. The Morgan fingerprint density at radius 3 is 1.55 bits per heavy atom. The predicted octanol–water partition coefficient (Wildman–Crippen LogP) is 7.18. The van der Waals surface area contributed by atoms with Crippen molar-refractivity contribution in [3.05, 3.63) is 133 Å². The number of nitrogens with zero attached hydrogens (tertiary/aromatic N) is 8. The molecule has 0 unspecified atom stereocenters. The molecule has 89 heavy (non-hydrogen) atoms. The van der Waals surface area contributed by atoms with E-state index in [0.29, 0.717) is 24.7 Å². The molecule has 2 aliphatic rings. The molecule has 2 aromatic carbocycles. The van der Waals surface area contributed by atoms with E-state index < -0.39 is 17.9 Å². The molecule has 0 amide bonds. The number of carbonyl (C=O) groups is 6. The van der Waals surface area contributed by atoms with E-state index >= 15 is 0 Å². The van der Waals surface area contributed by atoms with Crippen LogP contribution in [0.4, 0.5) is 0 Å². The third-order valence-corrected chi connectivity index (χ3v) is 14.5. The van der Waals surface area contributed by atoms with Gasteiger partial charge in [0.05, 0.1) is 59.3 Å². The third-order valence-electron chi connectivity index (χ3n) is 14.5. The van der Waals surface area contributed by atoms with Gasteiger partial charge in [0.2, 0.25) is 17.5 Å². The number of hydrogen-bond donors (Lipinski definition) is 4. The number of likely N-dealkylation sites (tertiary alicyclic amines) is 2.